The molecule has 0 radical (unpaired) electrons. The molecule has 16 heavy (non-hydrogen) atoms. The first-order valence-electron chi connectivity index (χ1n) is 5.40. The van der Waals surface area contributed by atoms with E-state index < -0.39 is 0 Å². The zero-order chi connectivity index (χ0) is 11.5. The summed E-state index contributed by atoms with van der Waals surface area (Å²) >= 11 is 0. The summed E-state index contributed by atoms with van der Waals surface area (Å²) < 4.78 is 0. The van der Waals surface area contributed by atoms with E-state index in [-0.39, 0.29) is 0 Å². The van der Waals surface area contributed by atoms with Gasteiger partial charge in [0.15, 0.2) is 0 Å². The van der Waals surface area contributed by atoms with Gasteiger partial charge in [-0.2, -0.15) is 0 Å². The van der Waals surface area contributed by atoms with Gasteiger partial charge in [0.2, 0.25) is 0 Å². The van der Waals surface area contributed by atoms with Crippen LogP contribution in [0.25, 0.3) is 10.9 Å². The number of aromatic amines is 1. The van der Waals surface area contributed by atoms with E-state index in [4.69, 9.17) is 0 Å². The van der Waals surface area contributed by atoms with E-state index in [0.29, 0.717) is 0 Å². The second-order valence-electron chi connectivity index (χ2n) is 4.31. The quantitative estimate of drug-likeness (QED) is 0.794. The van der Waals surface area contributed by atoms with Gasteiger partial charge >= 0.3 is 0 Å². The average molecular weight is 216 g/mol. The molecule has 0 aliphatic rings. The van der Waals surface area contributed by atoms with Gasteiger partial charge in [-0.3, -0.25) is 4.79 Å². The van der Waals surface area contributed by atoms with Crippen LogP contribution in [0.15, 0.2) is 24.3 Å². The summed E-state index contributed by atoms with van der Waals surface area (Å²) in [5, 5.41) is 1.11. The number of carbonyl (C=O) groups is 1. The molecule has 0 atom stereocenters. The molecule has 0 saturated heterocycles. The average Bonchev–Trinajstić information content (AvgIpc) is 2.67. The topological polar surface area (TPSA) is 36.1 Å². The Morgan fingerprint density at radius 3 is 2.81 bits per heavy atom. The van der Waals surface area contributed by atoms with Crippen LogP contribution < -0.4 is 0 Å². The largest absolute Gasteiger partial charge is 0.358 e. The number of rotatable bonds is 4. The molecule has 0 saturated carbocycles. The summed E-state index contributed by atoms with van der Waals surface area (Å²) in [4.78, 5) is 16.2. The molecule has 84 valence electrons. The number of fused-ring (bicyclic) bond motifs is 1. The molecule has 0 unspecified atom stereocenters. The molecule has 2 aromatic rings. The maximum absolute atomic E-state index is 10.7. The van der Waals surface area contributed by atoms with Gasteiger partial charge in [-0.25, -0.2) is 0 Å². The molecule has 3 heteroatoms. The first-order chi connectivity index (χ1) is 7.69. The molecule has 1 aromatic heterocycles. The van der Waals surface area contributed by atoms with Crippen LogP contribution in [0, 0.1) is 0 Å². The fourth-order valence-corrected chi connectivity index (χ4v) is 1.76. The highest BCUT2D eigenvalue weighted by atomic mass is 16.1. The molecule has 1 N–H and O–H groups in total. The van der Waals surface area contributed by atoms with E-state index in [9.17, 15) is 4.79 Å². The number of benzene rings is 1. The predicted molar refractivity (Wildman–Crippen MR) is 65.9 cm³/mol. The molecule has 1 aromatic carbocycles. The minimum Gasteiger partial charge on any atom is -0.358 e. The highest BCUT2D eigenvalue weighted by Gasteiger charge is 2.02. The van der Waals surface area contributed by atoms with E-state index in [0.717, 1.165) is 35.7 Å². The number of aldehydes is 1. The maximum Gasteiger partial charge on any atom is 0.150 e. The monoisotopic (exact) mass is 216 g/mol. The standard InChI is InChI=1S/C13H16N2O/c1-15(2)6-5-12-8-11-7-10(9-16)3-4-13(11)14-12/h3-4,7-9,14H,5-6H2,1-2H3. The van der Waals surface area contributed by atoms with Crippen LogP contribution in [0.2, 0.25) is 0 Å². The first kappa shape index (κ1) is 10.9. The van der Waals surface area contributed by atoms with E-state index >= 15 is 0 Å². The fourth-order valence-electron chi connectivity index (χ4n) is 1.76. The lowest BCUT2D eigenvalue weighted by Gasteiger charge is -2.07. The Morgan fingerprint density at radius 2 is 2.12 bits per heavy atom. The lowest BCUT2D eigenvalue weighted by molar-refractivity contribution is 0.112. The third-order valence-electron chi connectivity index (χ3n) is 2.67. The molecular weight excluding hydrogens is 200 g/mol. The third kappa shape index (κ3) is 2.31. The van der Waals surface area contributed by atoms with Gasteiger partial charge in [0, 0.05) is 35.1 Å². The Morgan fingerprint density at radius 1 is 1.31 bits per heavy atom. The predicted octanol–water partition coefficient (Wildman–Crippen LogP) is 2.08. The van der Waals surface area contributed by atoms with Crippen molar-refractivity contribution in [2.24, 2.45) is 0 Å². The molecule has 2 rings (SSSR count). The Bertz CT molecular complexity index is 500. The lowest BCUT2D eigenvalue weighted by atomic mass is 10.2. The van der Waals surface area contributed by atoms with Gasteiger partial charge in [0.25, 0.3) is 0 Å². The zero-order valence-corrected chi connectivity index (χ0v) is 9.66. The molecule has 0 fully saturated rings. The highest BCUT2D eigenvalue weighted by Crippen LogP contribution is 2.16. The number of hydrogen-bond acceptors (Lipinski definition) is 2. The van der Waals surface area contributed by atoms with Crippen LogP contribution in [0.4, 0.5) is 0 Å². The molecule has 0 bridgehead atoms. The van der Waals surface area contributed by atoms with Gasteiger partial charge < -0.3 is 9.88 Å². The molecule has 0 aliphatic carbocycles. The Hall–Kier alpha value is -1.61. The minimum atomic E-state index is 0.727. The van der Waals surface area contributed by atoms with Crippen LogP contribution in [0.3, 0.4) is 0 Å². The summed E-state index contributed by atoms with van der Waals surface area (Å²) in [6.07, 6.45) is 1.88. The van der Waals surface area contributed by atoms with Gasteiger partial charge in [-0.1, -0.05) is 0 Å². The van der Waals surface area contributed by atoms with Crippen molar-refractivity contribution < 1.29 is 4.79 Å². The smallest absolute Gasteiger partial charge is 0.150 e. The summed E-state index contributed by atoms with van der Waals surface area (Å²) in [7, 11) is 4.13. The number of hydrogen-bond donors (Lipinski definition) is 1. The number of likely N-dealkylation sites (N-methyl/N-ethyl adjacent to an activating group) is 1. The van der Waals surface area contributed by atoms with Gasteiger partial charge in [-0.15, -0.1) is 0 Å². The summed E-state index contributed by atoms with van der Waals surface area (Å²) in [5.41, 5.74) is 3.04. The second-order valence-corrected chi connectivity index (χ2v) is 4.31. The Balaban J connectivity index is 2.25. The van der Waals surface area contributed by atoms with Crippen molar-refractivity contribution in [3.63, 3.8) is 0 Å². The van der Waals surface area contributed by atoms with Gasteiger partial charge in [0.05, 0.1) is 0 Å². The second kappa shape index (κ2) is 4.49. The molecule has 0 aliphatic heterocycles. The van der Waals surface area contributed by atoms with Crippen LogP contribution >= 0.6 is 0 Å². The maximum atomic E-state index is 10.7. The molecule has 0 spiro atoms. The number of nitrogens with zero attached hydrogens (tertiary/aromatic N) is 1. The third-order valence-corrected chi connectivity index (χ3v) is 2.67. The minimum absolute atomic E-state index is 0.727. The van der Waals surface area contributed by atoms with Crippen molar-refractivity contribution >= 4 is 17.2 Å². The Kier molecular flexibility index (Phi) is 3.06. The summed E-state index contributed by atoms with van der Waals surface area (Å²) in [5.74, 6) is 0. The van der Waals surface area contributed by atoms with Crippen molar-refractivity contribution in [3.05, 3.63) is 35.5 Å². The molecule has 0 amide bonds. The summed E-state index contributed by atoms with van der Waals surface area (Å²) in [6.45, 7) is 1.02. The molecular formula is C13H16N2O. The number of carbonyl (C=O) groups excluding carboxylic acids is 1. The van der Waals surface area contributed by atoms with Crippen molar-refractivity contribution in [2.75, 3.05) is 20.6 Å². The normalized spacial score (nSPS) is 11.2. The van der Waals surface area contributed by atoms with Gasteiger partial charge in [-0.05, 0) is 38.4 Å². The Labute approximate surface area is 95.1 Å². The SMILES string of the molecule is CN(C)CCc1cc2cc(C=O)ccc2[nH]1. The van der Waals surface area contributed by atoms with Crippen molar-refractivity contribution in [3.8, 4) is 0 Å². The number of nitrogens with one attached hydrogen (secondary N) is 1. The highest BCUT2D eigenvalue weighted by molar-refractivity contribution is 5.87. The van der Waals surface area contributed by atoms with Crippen molar-refractivity contribution in [1.82, 2.24) is 9.88 Å². The lowest BCUT2D eigenvalue weighted by Crippen LogP contribution is -2.15. The fraction of sp³-hybridized carbons (Fsp3) is 0.308. The van der Waals surface area contributed by atoms with Crippen molar-refractivity contribution in [1.29, 1.82) is 0 Å². The van der Waals surface area contributed by atoms with Crippen LogP contribution in [-0.4, -0.2) is 36.8 Å². The van der Waals surface area contributed by atoms with Crippen LogP contribution in [-0.2, 0) is 6.42 Å². The zero-order valence-electron chi connectivity index (χ0n) is 9.66. The van der Waals surface area contributed by atoms with E-state index in [1.165, 1.54) is 5.69 Å². The van der Waals surface area contributed by atoms with E-state index in [1.807, 2.05) is 18.2 Å². The van der Waals surface area contributed by atoms with Crippen LogP contribution in [0.5, 0.6) is 0 Å². The molecule has 3 nitrogen and oxygen atoms in total. The van der Waals surface area contributed by atoms with Gasteiger partial charge in [0.1, 0.15) is 6.29 Å². The number of H-pyrrole nitrogens is 1. The molecule has 1 heterocycles. The van der Waals surface area contributed by atoms with Crippen molar-refractivity contribution in [2.45, 2.75) is 6.42 Å². The van der Waals surface area contributed by atoms with E-state index in [2.05, 4.69) is 30.0 Å². The summed E-state index contributed by atoms with van der Waals surface area (Å²) in [6, 6.07) is 7.82. The van der Waals surface area contributed by atoms with E-state index in [1.54, 1.807) is 0 Å². The number of aromatic nitrogens is 1. The van der Waals surface area contributed by atoms with Crippen LogP contribution in [0.1, 0.15) is 16.1 Å². The first-order valence-corrected chi connectivity index (χ1v) is 5.40.